The van der Waals surface area contributed by atoms with Crippen molar-refractivity contribution in [1.29, 1.82) is 0 Å². The molecule has 2 heterocycles. The van der Waals surface area contributed by atoms with E-state index in [9.17, 15) is 13.2 Å². The monoisotopic (exact) mass is 392 g/mol. The van der Waals surface area contributed by atoms with Gasteiger partial charge in [0.15, 0.2) is 15.0 Å². The predicted octanol–water partition coefficient (Wildman–Crippen LogP) is 2.18. The molecule has 0 aromatic heterocycles. The molecule has 0 radical (unpaired) electrons. The molecule has 124 valence electrons. The van der Waals surface area contributed by atoms with Crippen LogP contribution >= 0.6 is 35.0 Å². The van der Waals surface area contributed by atoms with E-state index in [0.717, 1.165) is 5.56 Å². The summed E-state index contributed by atoms with van der Waals surface area (Å²) >= 11 is 12.8. The van der Waals surface area contributed by atoms with Crippen molar-refractivity contribution in [2.75, 3.05) is 17.4 Å². The Kier molecular flexibility index (Phi) is 4.92. The Morgan fingerprint density at radius 1 is 1.30 bits per heavy atom. The van der Waals surface area contributed by atoms with Crippen molar-refractivity contribution in [3.8, 4) is 0 Å². The SMILES string of the molecule is O=C(CCl)N=C1SC2CS(=O)(=O)CC2N1Cc1ccc(Cl)cc1. The lowest BCUT2D eigenvalue weighted by molar-refractivity contribution is -0.115. The third-order valence-electron chi connectivity index (χ3n) is 3.78. The molecule has 2 saturated heterocycles. The smallest absolute Gasteiger partial charge is 0.262 e. The normalized spacial score (nSPS) is 27.4. The molecule has 23 heavy (non-hydrogen) atoms. The van der Waals surface area contributed by atoms with Crippen LogP contribution in [0.4, 0.5) is 0 Å². The first kappa shape index (κ1) is 17.1. The second kappa shape index (κ2) is 6.63. The fourth-order valence-electron chi connectivity index (χ4n) is 2.74. The van der Waals surface area contributed by atoms with Crippen molar-refractivity contribution < 1.29 is 13.2 Å². The first-order valence-electron chi connectivity index (χ1n) is 6.93. The molecular weight excluding hydrogens is 379 g/mol. The molecule has 3 rings (SSSR count). The molecule has 1 aromatic rings. The molecule has 1 aromatic carbocycles. The number of carbonyl (C=O) groups is 1. The van der Waals surface area contributed by atoms with Gasteiger partial charge in [-0.3, -0.25) is 4.79 Å². The van der Waals surface area contributed by atoms with E-state index >= 15 is 0 Å². The minimum Gasteiger partial charge on any atom is -0.342 e. The van der Waals surface area contributed by atoms with Crippen LogP contribution in [0, 0.1) is 0 Å². The Hall–Kier alpha value is -0.760. The van der Waals surface area contributed by atoms with Crippen LogP contribution in [0.1, 0.15) is 5.56 Å². The van der Waals surface area contributed by atoms with Crippen molar-refractivity contribution in [2.45, 2.75) is 17.8 Å². The number of nitrogens with zero attached hydrogens (tertiary/aromatic N) is 2. The quantitative estimate of drug-likeness (QED) is 0.737. The molecule has 0 saturated carbocycles. The van der Waals surface area contributed by atoms with Gasteiger partial charge in [-0.2, -0.15) is 4.99 Å². The number of sulfone groups is 1. The van der Waals surface area contributed by atoms with Crippen LogP contribution in [0.2, 0.25) is 5.02 Å². The number of amides is 1. The molecule has 0 spiro atoms. The molecule has 2 fully saturated rings. The first-order valence-corrected chi connectivity index (χ1v) is 10.5. The van der Waals surface area contributed by atoms with Gasteiger partial charge in [0, 0.05) is 16.8 Å². The Bertz CT molecular complexity index is 750. The number of thioether (sulfide) groups is 1. The Labute approximate surface area is 149 Å². The maximum atomic E-state index is 11.9. The highest BCUT2D eigenvalue weighted by Gasteiger charge is 2.48. The van der Waals surface area contributed by atoms with Crippen LogP contribution in [-0.2, 0) is 21.2 Å². The van der Waals surface area contributed by atoms with E-state index in [1.54, 1.807) is 12.1 Å². The molecule has 0 N–H and O–H groups in total. The standard InChI is InChI=1S/C14H14Cl2N2O3S2/c15-5-13(19)17-14-18(6-9-1-3-10(16)4-2-9)11-7-23(20,21)8-12(11)22-14/h1-4,11-12H,5-8H2. The lowest BCUT2D eigenvalue weighted by Gasteiger charge is -2.24. The fourth-order valence-corrected chi connectivity index (χ4v) is 6.90. The number of alkyl halides is 1. The number of hydrogen-bond donors (Lipinski definition) is 0. The third kappa shape index (κ3) is 3.84. The maximum absolute atomic E-state index is 11.9. The lowest BCUT2D eigenvalue weighted by Crippen LogP contribution is -2.37. The zero-order valence-electron chi connectivity index (χ0n) is 12.0. The lowest BCUT2D eigenvalue weighted by atomic mass is 10.1. The second-order valence-corrected chi connectivity index (χ2v) is 9.54. The second-order valence-electron chi connectivity index (χ2n) is 5.48. The Balaban J connectivity index is 1.88. The molecule has 2 aliphatic heterocycles. The van der Waals surface area contributed by atoms with Crippen LogP contribution in [0.5, 0.6) is 0 Å². The van der Waals surface area contributed by atoms with Crippen LogP contribution in [-0.4, -0.2) is 53.1 Å². The third-order valence-corrected chi connectivity index (χ3v) is 7.50. The van der Waals surface area contributed by atoms with Gasteiger partial charge in [0.2, 0.25) is 0 Å². The summed E-state index contributed by atoms with van der Waals surface area (Å²) in [6.07, 6.45) is 0. The largest absolute Gasteiger partial charge is 0.342 e. The van der Waals surface area contributed by atoms with Gasteiger partial charge in [-0.15, -0.1) is 11.6 Å². The summed E-state index contributed by atoms with van der Waals surface area (Å²) in [5.74, 6) is -0.398. The van der Waals surface area contributed by atoms with Gasteiger partial charge in [0.1, 0.15) is 5.88 Å². The van der Waals surface area contributed by atoms with Gasteiger partial charge >= 0.3 is 0 Å². The van der Waals surface area contributed by atoms with Crippen LogP contribution in [0.3, 0.4) is 0 Å². The number of halogens is 2. The topological polar surface area (TPSA) is 66.8 Å². The average molecular weight is 393 g/mol. The number of amidine groups is 1. The van der Waals surface area contributed by atoms with Crippen LogP contribution in [0.15, 0.2) is 29.3 Å². The van der Waals surface area contributed by atoms with Crippen molar-refractivity contribution in [3.63, 3.8) is 0 Å². The minimum atomic E-state index is -3.04. The summed E-state index contributed by atoms with van der Waals surface area (Å²) in [6.45, 7) is 0.481. The predicted molar refractivity (Wildman–Crippen MR) is 94.0 cm³/mol. The number of fused-ring (bicyclic) bond motifs is 1. The fraction of sp³-hybridized carbons (Fsp3) is 0.429. The molecular formula is C14H14Cl2N2O3S2. The number of hydrogen-bond acceptors (Lipinski definition) is 4. The summed E-state index contributed by atoms with van der Waals surface area (Å²) in [7, 11) is -3.04. The maximum Gasteiger partial charge on any atom is 0.262 e. The molecule has 9 heteroatoms. The number of aliphatic imine (C=N–C) groups is 1. The highest BCUT2D eigenvalue weighted by atomic mass is 35.5. The van der Waals surface area contributed by atoms with E-state index in [1.807, 2.05) is 17.0 Å². The number of carbonyl (C=O) groups excluding carboxylic acids is 1. The van der Waals surface area contributed by atoms with Gasteiger partial charge in [0.25, 0.3) is 5.91 Å². The van der Waals surface area contributed by atoms with Crippen LogP contribution in [0.25, 0.3) is 0 Å². The molecule has 0 aliphatic carbocycles. The zero-order valence-corrected chi connectivity index (χ0v) is 15.1. The Morgan fingerprint density at radius 2 is 2.00 bits per heavy atom. The highest BCUT2D eigenvalue weighted by molar-refractivity contribution is 8.15. The van der Waals surface area contributed by atoms with E-state index in [-0.39, 0.29) is 28.7 Å². The summed E-state index contributed by atoms with van der Waals surface area (Å²) in [5.41, 5.74) is 0.978. The minimum absolute atomic E-state index is 0.0887. The number of benzene rings is 1. The van der Waals surface area contributed by atoms with E-state index in [1.165, 1.54) is 11.8 Å². The summed E-state index contributed by atoms with van der Waals surface area (Å²) in [4.78, 5) is 17.5. The molecule has 2 unspecified atom stereocenters. The zero-order chi connectivity index (χ0) is 16.6. The summed E-state index contributed by atoms with van der Waals surface area (Å²) < 4.78 is 23.8. The molecule has 1 amide bonds. The van der Waals surface area contributed by atoms with E-state index in [4.69, 9.17) is 23.2 Å². The van der Waals surface area contributed by atoms with Gasteiger partial charge in [-0.05, 0) is 17.7 Å². The van der Waals surface area contributed by atoms with Crippen molar-refractivity contribution in [3.05, 3.63) is 34.9 Å². The first-order chi connectivity index (χ1) is 10.9. The molecule has 2 atom stereocenters. The van der Waals surface area contributed by atoms with Gasteiger partial charge in [-0.1, -0.05) is 35.5 Å². The van der Waals surface area contributed by atoms with E-state index in [2.05, 4.69) is 4.99 Å². The van der Waals surface area contributed by atoms with Crippen LogP contribution < -0.4 is 0 Å². The molecule has 5 nitrogen and oxygen atoms in total. The van der Waals surface area contributed by atoms with Gasteiger partial charge in [-0.25, -0.2) is 8.42 Å². The summed E-state index contributed by atoms with van der Waals surface area (Å²) in [5, 5.41) is 1.10. The Morgan fingerprint density at radius 3 is 2.65 bits per heavy atom. The summed E-state index contributed by atoms with van der Waals surface area (Å²) in [6, 6.07) is 7.16. The highest BCUT2D eigenvalue weighted by Crippen LogP contribution is 2.39. The number of rotatable bonds is 3. The van der Waals surface area contributed by atoms with E-state index < -0.39 is 15.7 Å². The average Bonchev–Trinajstić information content (AvgIpc) is 2.94. The van der Waals surface area contributed by atoms with E-state index in [0.29, 0.717) is 16.7 Å². The van der Waals surface area contributed by atoms with Crippen molar-refractivity contribution in [1.82, 2.24) is 4.90 Å². The molecule has 0 bridgehead atoms. The van der Waals surface area contributed by atoms with Gasteiger partial charge in [0.05, 0.1) is 17.5 Å². The van der Waals surface area contributed by atoms with Gasteiger partial charge < -0.3 is 4.90 Å². The van der Waals surface area contributed by atoms with Crippen molar-refractivity contribution in [2.24, 2.45) is 4.99 Å². The molecule has 2 aliphatic rings. The van der Waals surface area contributed by atoms with Crippen molar-refractivity contribution >= 4 is 55.9 Å².